The zero-order valence-electron chi connectivity index (χ0n) is 16.3. The third-order valence-electron chi connectivity index (χ3n) is 4.12. The highest BCUT2D eigenvalue weighted by Gasteiger charge is 2.16. The largest absolute Gasteiger partial charge is 0.477 e. The van der Waals surface area contributed by atoms with Gasteiger partial charge in [-0.2, -0.15) is 5.10 Å². The van der Waals surface area contributed by atoms with Crippen molar-refractivity contribution >= 4 is 11.8 Å². The van der Waals surface area contributed by atoms with E-state index in [1.807, 2.05) is 13.0 Å². The van der Waals surface area contributed by atoms with Gasteiger partial charge in [-0.15, -0.1) is 10.2 Å². The van der Waals surface area contributed by atoms with Crippen LogP contribution in [0.5, 0.6) is 5.88 Å². The van der Waals surface area contributed by atoms with Gasteiger partial charge in [-0.05, 0) is 32.0 Å². The molecule has 0 spiro atoms. The molecule has 9 nitrogen and oxygen atoms in total. The fourth-order valence-corrected chi connectivity index (χ4v) is 2.65. The van der Waals surface area contributed by atoms with Gasteiger partial charge in [-0.3, -0.25) is 9.59 Å². The Morgan fingerprint density at radius 2 is 1.72 bits per heavy atom. The fraction of sp³-hybridized carbons (Fsp3) is 0.250. The van der Waals surface area contributed by atoms with Gasteiger partial charge in [0.25, 0.3) is 11.8 Å². The van der Waals surface area contributed by atoms with Crippen LogP contribution in [0.15, 0.2) is 48.7 Å². The summed E-state index contributed by atoms with van der Waals surface area (Å²) in [6.07, 6.45) is 1.48. The van der Waals surface area contributed by atoms with Gasteiger partial charge in [0.15, 0.2) is 5.82 Å². The molecule has 0 aliphatic heterocycles. The predicted molar refractivity (Wildman–Crippen MR) is 106 cm³/mol. The molecule has 0 aliphatic rings. The Morgan fingerprint density at radius 3 is 2.38 bits per heavy atom. The number of hydrogen-bond donors (Lipinski definition) is 2. The Kier molecular flexibility index (Phi) is 6.51. The molecular formula is C20H22N6O3. The van der Waals surface area contributed by atoms with Crippen molar-refractivity contribution in [3.8, 4) is 11.7 Å². The lowest BCUT2D eigenvalue weighted by atomic mass is 10.2. The Labute approximate surface area is 168 Å². The summed E-state index contributed by atoms with van der Waals surface area (Å²) < 4.78 is 6.81. The lowest BCUT2D eigenvalue weighted by Gasteiger charge is -2.08. The van der Waals surface area contributed by atoms with Crippen molar-refractivity contribution in [3.05, 3.63) is 65.5 Å². The third-order valence-corrected chi connectivity index (χ3v) is 4.12. The molecule has 150 valence electrons. The van der Waals surface area contributed by atoms with Crippen LogP contribution in [0.2, 0.25) is 0 Å². The van der Waals surface area contributed by atoms with Crippen molar-refractivity contribution in [1.29, 1.82) is 0 Å². The number of aromatic nitrogens is 4. The van der Waals surface area contributed by atoms with E-state index in [0.29, 0.717) is 48.2 Å². The summed E-state index contributed by atoms with van der Waals surface area (Å²) in [5, 5.41) is 17.8. The molecule has 0 bridgehead atoms. The second-order valence-electron chi connectivity index (χ2n) is 6.10. The van der Waals surface area contributed by atoms with Gasteiger partial charge in [0.1, 0.15) is 0 Å². The molecule has 1 aromatic carbocycles. The first-order chi connectivity index (χ1) is 14.1. The Bertz CT molecular complexity index is 970. The van der Waals surface area contributed by atoms with Gasteiger partial charge in [-0.25, -0.2) is 4.68 Å². The predicted octanol–water partition coefficient (Wildman–Crippen LogP) is 1.53. The maximum atomic E-state index is 12.4. The summed E-state index contributed by atoms with van der Waals surface area (Å²) in [6, 6.07) is 12.3. The summed E-state index contributed by atoms with van der Waals surface area (Å²) in [7, 11) is 0. The molecule has 2 aromatic heterocycles. The van der Waals surface area contributed by atoms with E-state index < -0.39 is 0 Å². The topological polar surface area (TPSA) is 111 Å². The van der Waals surface area contributed by atoms with Gasteiger partial charge in [0.05, 0.1) is 24.1 Å². The first kappa shape index (κ1) is 20.0. The van der Waals surface area contributed by atoms with E-state index in [2.05, 4.69) is 25.9 Å². The second-order valence-corrected chi connectivity index (χ2v) is 6.10. The lowest BCUT2D eigenvalue weighted by molar-refractivity contribution is 0.0927. The zero-order valence-corrected chi connectivity index (χ0v) is 16.3. The van der Waals surface area contributed by atoms with Crippen molar-refractivity contribution in [3.63, 3.8) is 0 Å². The first-order valence-corrected chi connectivity index (χ1v) is 9.23. The van der Waals surface area contributed by atoms with E-state index in [1.165, 1.54) is 10.9 Å². The summed E-state index contributed by atoms with van der Waals surface area (Å²) in [4.78, 5) is 24.4. The number of nitrogens with one attached hydrogen (secondary N) is 2. The Balaban J connectivity index is 1.54. The molecule has 9 heteroatoms. The number of rotatable bonds is 8. The van der Waals surface area contributed by atoms with E-state index in [4.69, 9.17) is 4.74 Å². The average molecular weight is 394 g/mol. The maximum absolute atomic E-state index is 12.4. The quantitative estimate of drug-likeness (QED) is 0.561. The average Bonchev–Trinajstić information content (AvgIpc) is 3.14. The Morgan fingerprint density at radius 1 is 1.00 bits per heavy atom. The summed E-state index contributed by atoms with van der Waals surface area (Å²) in [5.74, 6) is 0.455. The molecule has 0 fully saturated rings. The number of carbonyl (C=O) groups is 2. The number of amides is 2. The van der Waals surface area contributed by atoms with E-state index in [-0.39, 0.29) is 11.8 Å². The molecule has 0 unspecified atom stereocenters. The maximum Gasteiger partial charge on any atom is 0.254 e. The van der Waals surface area contributed by atoms with Gasteiger partial charge in [0, 0.05) is 24.7 Å². The van der Waals surface area contributed by atoms with Crippen molar-refractivity contribution < 1.29 is 14.3 Å². The number of benzene rings is 1. The minimum atomic E-state index is -0.276. The van der Waals surface area contributed by atoms with Gasteiger partial charge >= 0.3 is 0 Å². The van der Waals surface area contributed by atoms with E-state index in [0.717, 1.165) is 0 Å². The molecule has 3 rings (SSSR count). The summed E-state index contributed by atoms with van der Waals surface area (Å²) in [5.41, 5.74) is 1.64. The van der Waals surface area contributed by atoms with Crippen LogP contribution < -0.4 is 15.4 Å². The van der Waals surface area contributed by atoms with Crippen LogP contribution in [0, 0.1) is 6.92 Å². The van der Waals surface area contributed by atoms with E-state index in [1.54, 1.807) is 43.3 Å². The summed E-state index contributed by atoms with van der Waals surface area (Å²) in [6.45, 7) is 4.76. The van der Waals surface area contributed by atoms with Crippen LogP contribution in [-0.2, 0) is 0 Å². The summed E-state index contributed by atoms with van der Waals surface area (Å²) >= 11 is 0. The highest BCUT2D eigenvalue weighted by molar-refractivity contribution is 5.95. The van der Waals surface area contributed by atoms with Crippen molar-refractivity contribution in [2.45, 2.75) is 13.8 Å². The smallest absolute Gasteiger partial charge is 0.254 e. The molecule has 2 heterocycles. The third kappa shape index (κ3) is 4.95. The van der Waals surface area contributed by atoms with Crippen LogP contribution in [0.25, 0.3) is 5.82 Å². The molecule has 3 aromatic rings. The lowest BCUT2D eigenvalue weighted by Crippen LogP contribution is -2.34. The van der Waals surface area contributed by atoms with Gasteiger partial charge < -0.3 is 15.4 Å². The molecule has 0 aliphatic carbocycles. The molecule has 2 N–H and O–H groups in total. The standard InChI is InChI=1S/C20H22N6O3/c1-3-29-18-10-9-17(24-25-18)26-14(2)16(13-23-26)20(28)22-12-11-21-19(27)15-7-5-4-6-8-15/h4-10,13H,3,11-12H2,1-2H3,(H,21,27)(H,22,28). The van der Waals surface area contributed by atoms with Crippen LogP contribution in [0.3, 0.4) is 0 Å². The normalized spacial score (nSPS) is 10.4. The number of nitrogens with zero attached hydrogens (tertiary/aromatic N) is 4. The highest BCUT2D eigenvalue weighted by Crippen LogP contribution is 2.13. The molecule has 29 heavy (non-hydrogen) atoms. The minimum Gasteiger partial charge on any atom is -0.477 e. The van der Waals surface area contributed by atoms with Crippen LogP contribution in [0.1, 0.15) is 33.3 Å². The minimum absolute atomic E-state index is 0.182. The Hall–Kier alpha value is -3.75. The van der Waals surface area contributed by atoms with E-state index >= 15 is 0 Å². The fourth-order valence-electron chi connectivity index (χ4n) is 2.65. The SMILES string of the molecule is CCOc1ccc(-n2ncc(C(=O)NCCNC(=O)c3ccccc3)c2C)nn1. The molecule has 2 amide bonds. The zero-order chi connectivity index (χ0) is 20.6. The van der Waals surface area contributed by atoms with Crippen LogP contribution >= 0.6 is 0 Å². The first-order valence-electron chi connectivity index (χ1n) is 9.23. The molecule has 0 saturated heterocycles. The molecule has 0 radical (unpaired) electrons. The van der Waals surface area contributed by atoms with Crippen molar-refractivity contribution in [2.24, 2.45) is 0 Å². The van der Waals surface area contributed by atoms with Crippen molar-refractivity contribution in [2.75, 3.05) is 19.7 Å². The van der Waals surface area contributed by atoms with Gasteiger partial charge in [-0.1, -0.05) is 18.2 Å². The van der Waals surface area contributed by atoms with E-state index in [9.17, 15) is 9.59 Å². The molecule has 0 saturated carbocycles. The number of carbonyl (C=O) groups excluding carboxylic acids is 2. The van der Waals surface area contributed by atoms with Crippen LogP contribution in [-0.4, -0.2) is 51.5 Å². The highest BCUT2D eigenvalue weighted by atomic mass is 16.5. The number of hydrogen-bond acceptors (Lipinski definition) is 6. The van der Waals surface area contributed by atoms with Gasteiger partial charge in [0.2, 0.25) is 5.88 Å². The van der Waals surface area contributed by atoms with Crippen LogP contribution in [0.4, 0.5) is 0 Å². The molecular weight excluding hydrogens is 372 g/mol. The monoisotopic (exact) mass is 394 g/mol. The van der Waals surface area contributed by atoms with Crippen molar-refractivity contribution in [1.82, 2.24) is 30.6 Å². The number of ether oxygens (including phenoxy) is 1. The molecule has 0 atom stereocenters. The second kappa shape index (κ2) is 9.45.